The normalized spacial score (nSPS) is 19.3. The van der Waals surface area contributed by atoms with E-state index in [2.05, 4.69) is 85.8 Å². The summed E-state index contributed by atoms with van der Waals surface area (Å²) in [5.74, 6) is 5.57. The van der Waals surface area contributed by atoms with Crippen molar-refractivity contribution in [2.45, 2.75) is 95.8 Å². The number of carbonyl (C=O) groups is 12. The highest BCUT2D eigenvalue weighted by atomic mass is 19.1. The molecule has 9 N–H and O–H groups in total. The number of aromatic nitrogens is 5. The minimum atomic E-state index is -1.46. The predicted molar refractivity (Wildman–Crippen MR) is 521 cm³/mol. The minimum absolute atomic E-state index is 0.00349. The van der Waals surface area contributed by atoms with Gasteiger partial charge in [-0.25, -0.2) is 23.6 Å². The number of ether oxygens (including phenoxy) is 3. The van der Waals surface area contributed by atoms with Crippen molar-refractivity contribution in [3.63, 3.8) is 0 Å². The summed E-state index contributed by atoms with van der Waals surface area (Å²) in [6, 6.07) is 67.1. The number of aryl methyl sites for hydroxylation is 5. The molecule has 8 aliphatic heterocycles. The van der Waals surface area contributed by atoms with Crippen LogP contribution < -0.4 is 56.7 Å². The summed E-state index contributed by atoms with van der Waals surface area (Å²) in [7, 11) is 3.08. The molecule has 143 heavy (non-hydrogen) atoms. The maximum absolute atomic E-state index is 13.7. The lowest BCUT2D eigenvalue weighted by Crippen LogP contribution is -2.52. The first-order valence-electron chi connectivity index (χ1n) is 46.1. The first-order chi connectivity index (χ1) is 69.0. The zero-order valence-electron chi connectivity index (χ0n) is 78.4. The second-order valence-electron chi connectivity index (χ2n) is 36.5. The molecule has 1 aliphatic carbocycles. The smallest absolute Gasteiger partial charge is 0.322 e. The number of nitrogens with one attached hydrogen (secondary N) is 9. The van der Waals surface area contributed by atoms with Crippen molar-refractivity contribution >= 4 is 93.2 Å². The highest BCUT2D eigenvalue weighted by Crippen LogP contribution is 2.42. The molecule has 23 rings (SSSR count). The van der Waals surface area contributed by atoms with Gasteiger partial charge in [-0.1, -0.05) is 175 Å². The fourth-order valence-electron chi connectivity index (χ4n) is 19.8. The number of aromatic amines is 1. The third-order valence-corrected chi connectivity index (χ3v) is 27.3. The van der Waals surface area contributed by atoms with Crippen LogP contribution in [0.3, 0.4) is 0 Å². The number of benzene rings is 10. The maximum Gasteiger partial charge on any atom is 0.322 e. The van der Waals surface area contributed by atoms with E-state index in [9.17, 15) is 61.9 Å². The van der Waals surface area contributed by atoms with Gasteiger partial charge in [0, 0.05) is 99.4 Å². The number of methoxy groups -OCH3 is 2. The number of fused-ring (bicyclic) bond motifs is 6. The van der Waals surface area contributed by atoms with Crippen LogP contribution in [0.25, 0.3) is 66.3 Å². The summed E-state index contributed by atoms with van der Waals surface area (Å²) in [6.45, 7) is 10.9. The van der Waals surface area contributed by atoms with Crippen LogP contribution in [-0.4, -0.2) is 163 Å². The second-order valence-corrected chi connectivity index (χ2v) is 36.5. The summed E-state index contributed by atoms with van der Waals surface area (Å²) >= 11 is 0. The Morgan fingerprint density at radius 2 is 0.832 bits per heavy atom. The van der Waals surface area contributed by atoms with E-state index in [1.54, 1.807) is 95.8 Å². The monoisotopic (exact) mass is 1910 g/mol. The van der Waals surface area contributed by atoms with Crippen molar-refractivity contribution < 1.29 is 80.7 Å². The first kappa shape index (κ1) is 92.7. The molecular weight excluding hydrogens is 1820 g/mol. The van der Waals surface area contributed by atoms with Crippen LogP contribution >= 0.6 is 0 Å². The number of rotatable bonds is 20. The van der Waals surface area contributed by atoms with Crippen molar-refractivity contribution in [1.29, 1.82) is 0 Å². The maximum atomic E-state index is 13.7. The van der Waals surface area contributed by atoms with Crippen molar-refractivity contribution in [3.8, 4) is 73.6 Å². The number of hydrogen-bond acceptors (Lipinski definition) is 20. The zero-order chi connectivity index (χ0) is 99.7. The highest BCUT2D eigenvalue weighted by Gasteiger charge is 2.55. The lowest BCUT2D eigenvalue weighted by Gasteiger charge is -2.31. The molecular formula is C109H92FN17O16. The van der Waals surface area contributed by atoms with Gasteiger partial charge in [-0.05, 0) is 193 Å². The average Bonchev–Trinajstić information content (AvgIpc) is 1.62. The van der Waals surface area contributed by atoms with E-state index < -0.39 is 75.7 Å². The van der Waals surface area contributed by atoms with E-state index in [1.165, 1.54) is 17.0 Å². The van der Waals surface area contributed by atoms with Crippen LogP contribution in [-0.2, 0) is 67.5 Å². The Morgan fingerprint density at radius 3 is 1.26 bits per heavy atom. The molecule has 0 bridgehead atoms. The number of nitrogens with zero attached hydrogens (tertiary/aromatic N) is 8. The third kappa shape index (κ3) is 17.5. The Kier molecular flexibility index (Phi) is 24.0. The number of hydrogen-bond donors (Lipinski definition) is 9. The van der Waals surface area contributed by atoms with Crippen molar-refractivity contribution in [3.05, 3.63) is 338 Å². The molecule has 9 aliphatic rings. The summed E-state index contributed by atoms with van der Waals surface area (Å²) in [6.07, 6.45) is 4.07. The van der Waals surface area contributed by atoms with Gasteiger partial charge in [0.25, 0.3) is 47.3 Å². The summed E-state index contributed by atoms with van der Waals surface area (Å²) < 4.78 is 35.2. The zero-order valence-corrected chi connectivity index (χ0v) is 78.4. The lowest BCUT2D eigenvalue weighted by atomic mass is 9.87. The lowest BCUT2D eigenvalue weighted by molar-refractivity contribution is -0.125. The molecule has 14 aromatic rings. The minimum Gasteiger partial charge on any atom is -0.497 e. The van der Waals surface area contributed by atoms with Gasteiger partial charge >= 0.3 is 24.1 Å². The molecule has 4 atom stereocenters. The van der Waals surface area contributed by atoms with Crippen molar-refractivity contribution in [2.24, 2.45) is 5.92 Å². The number of halogens is 1. The number of amides is 16. The molecule has 16 amide bonds. The molecule has 12 heterocycles. The van der Waals surface area contributed by atoms with E-state index in [4.69, 9.17) is 18.7 Å². The summed E-state index contributed by atoms with van der Waals surface area (Å²) in [5.41, 5.74) is 14.5. The van der Waals surface area contributed by atoms with Crippen LogP contribution in [0.5, 0.6) is 17.2 Å². The number of imide groups is 4. The Hall–Kier alpha value is -18.0. The van der Waals surface area contributed by atoms with E-state index >= 15 is 0 Å². The Bertz CT molecular complexity index is 7520. The SMILES string of the molecule is COc1ccc2c(c1)C(=O)N(C[C@@]1(c3ccc(-c4c(C)n[nH]c4C)cc3)NC(=O)NC1=O)C2.COc1ccc2c(c1)C(=O)N(C[C@@]1(c3ccc(-c4c(C)noc4C)cc3)NC(=O)NC1=O)C2.Cc1ccc2cc(-c3ccc([C@]4(CN5Cc6ccc(F)cc6C5=O)NC(=O)NC4=O)cc3)ccc2n1.O=C1NC(=O)[C@](CN2Cc3ccc(OCC#CC4CC4)cc3C2=O)(c2ccc(-c3cccc4cccnc34)cc2)N1. The van der Waals surface area contributed by atoms with Crippen LogP contribution in [0.15, 0.2) is 241 Å². The topological polar surface area (TPSA) is 422 Å². The molecule has 1 saturated carbocycles. The molecule has 0 radical (unpaired) electrons. The summed E-state index contributed by atoms with van der Waals surface area (Å²) in [4.78, 5) is 169. The molecule has 5 fully saturated rings. The molecule has 10 aromatic carbocycles. The fourth-order valence-corrected chi connectivity index (χ4v) is 19.8. The number of carbonyl (C=O) groups excluding carboxylic acids is 12. The second kappa shape index (κ2) is 37.0. The Labute approximate surface area is 817 Å². The molecule has 33 nitrogen and oxygen atoms in total. The van der Waals surface area contributed by atoms with Crippen LogP contribution in [0, 0.1) is 58.2 Å². The van der Waals surface area contributed by atoms with Gasteiger partial charge in [0.2, 0.25) is 0 Å². The van der Waals surface area contributed by atoms with E-state index in [-0.39, 0.29) is 68.5 Å². The van der Waals surface area contributed by atoms with E-state index in [1.807, 2.05) is 186 Å². The first-order valence-corrected chi connectivity index (χ1v) is 46.1. The number of pyridine rings is 2. The molecule has 716 valence electrons. The third-order valence-electron chi connectivity index (χ3n) is 27.3. The molecule has 4 saturated heterocycles. The average molecular weight is 1920 g/mol. The van der Waals surface area contributed by atoms with E-state index in [0.29, 0.717) is 93.1 Å². The van der Waals surface area contributed by atoms with Gasteiger partial charge in [-0.2, -0.15) is 5.10 Å². The molecule has 0 spiro atoms. The predicted octanol–water partition coefficient (Wildman–Crippen LogP) is 13.5. The number of urea groups is 4. The van der Waals surface area contributed by atoms with Crippen molar-refractivity contribution in [2.75, 3.05) is 47.0 Å². The van der Waals surface area contributed by atoms with Gasteiger partial charge < -0.3 is 59.6 Å². The van der Waals surface area contributed by atoms with Gasteiger partial charge in [0.15, 0.2) is 22.2 Å². The number of H-pyrrole nitrogens is 1. The molecule has 4 aromatic heterocycles. The van der Waals surface area contributed by atoms with Gasteiger partial charge in [0.1, 0.15) is 35.4 Å². The molecule has 0 unspecified atom stereocenters. The number of para-hydroxylation sites is 1. The van der Waals surface area contributed by atoms with Crippen LogP contribution in [0.2, 0.25) is 0 Å². The Morgan fingerprint density at radius 1 is 0.413 bits per heavy atom. The quantitative estimate of drug-likeness (QED) is 0.0253. The Balaban J connectivity index is 0.000000117. The fraction of sp³-hybridized carbons (Fsp3) is 0.211. The van der Waals surface area contributed by atoms with Gasteiger partial charge in [-0.15, -0.1) is 0 Å². The highest BCUT2D eigenvalue weighted by molar-refractivity contribution is 6.12. The van der Waals surface area contributed by atoms with E-state index in [0.717, 1.165) is 119 Å². The van der Waals surface area contributed by atoms with Crippen LogP contribution in [0.4, 0.5) is 23.6 Å². The standard InChI is InChI=1S/C33H26N4O4.C28H21FN4O3.C24H23N5O4.C24H22N4O5/c38-30-28-18-26(41-17-3-4-21-8-9-21)15-12-24(28)19-37(30)20-33(31(39)35-32(40)36-33)25-13-10-22(11-14-25)27-7-1-5-23-6-2-16-34-29(23)27;1-16-2-3-19-12-18(7-11-24(19)30-16)17-4-8-21(9-5-17)28(26(35)31-27(36)32-28)15-33-14-20-6-10-22(29)13-23(20)25(33)34;1-13-20(14(2)28-27-13)15-4-7-17(8-5-15)24(22(31)25-23(32)26-24)12-29-11-16-6-9-18(33-3)10-19(16)21(29)30;1-13-20(14(2)33-27-13)15-4-7-17(8-5-15)24(22(30)25-23(31)26-24)12-28-11-16-6-9-18(32-3)10-19(16)21(28)29/h1-2,5-7,10-16,18,21H,8-9,17,19-20H2,(H2,35,36,39,40);2-13H,14-15H2,1H3,(H2,31,32,35,36);4-10H,11-12H2,1-3H3,(H,27,28)(H2,25,26,31,32);4-10H,11-12H2,1-3H3,(H2,25,26,30,31)/t33-;28-;2*24-/m0000/s1. The summed E-state index contributed by atoms with van der Waals surface area (Å²) in [5, 5.41) is 33.6. The van der Waals surface area contributed by atoms with Gasteiger partial charge in [0.05, 0.1) is 62.8 Å². The van der Waals surface area contributed by atoms with Gasteiger partial charge in [-0.3, -0.25) is 74.7 Å². The van der Waals surface area contributed by atoms with Crippen molar-refractivity contribution in [1.82, 2.24) is 87.5 Å². The van der Waals surface area contributed by atoms with Crippen LogP contribution in [0.1, 0.15) is 127 Å². The molecule has 34 heteroatoms. The largest absolute Gasteiger partial charge is 0.497 e.